The van der Waals surface area contributed by atoms with Gasteiger partial charge in [0.05, 0.1) is 6.04 Å². The molecule has 5 heteroatoms. The molecule has 1 amide bonds. The fourth-order valence-electron chi connectivity index (χ4n) is 1.98. The highest BCUT2D eigenvalue weighted by molar-refractivity contribution is 5.87. The molecule has 0 aliphatic heterocycles. The molecule has 2 aromatic carbocycles. The Hall–Kier alpha value is -2.04. The summed E-state index contributed by atoms with van der Waals surface area (Å²) in [4.78, 5) is 10.9. The Morgan fingerprint density at radius 1 is 1.11 bits per heavy atom. The molecule has 1 atom stereocenters. The van der Waals surface area contributed by atoms with Crippen molar-refractivity contribution in [2.45, 2.75) is 19.1 Å². The lowest BCUT2D eigenvalue weighted by Crippen LogP contribution is -2.38. The molecule has 0 radical (unpaired) electrons. The van der Waals surface area contributed by atoms with Crippen LogP contribution in [0.25, 0.3) is 10.8 Å². The highest BCUT2D eigenvalue weighted by Crippen LogP contribution is 2.25. The van der Waals surface area contributed by atoms with Crippen LogP contribution in [0, 0.1) is 0 Å². The van der Waals surface area contributed by atoms with E-state index in [1.807, 2.05) is 35.6 Å². The van der Waals surface area contributed by atoms with Gasteiger partial charge in [-0.3, -0.25) is 4.79 Å². The van der Waals surface area contributed by atoms with E-state index in [0.29, 0.717) is 5.56 Å². The van der Waals surface area contributed by atoms with Crippen LogP contribution < -0.4 is 5.32 Å². The molecule has 0 aromatic heterocycles. The van der Waals surface area contributed by atoms with Crippen molar-refractivity contribution >= 4 is 16.7 Å². The van der Waals surface area contributed by atoms with Gasteiger partial charge in [-0.2, -0.15) is 13.2 Å². The molecule has 1 N–H and O–H groups in total. The molecule has 0 bridgehead atoms. The minimum absolute atomic E-state index is 0.663. The number of carbonyl (C=O) groups is 1. The van der Waals surface area contributed by atoms with Gasteiger partial charge >= 0.3 is 12.1 Å². The van der Waals surface area contributed by atoms with Gasteiger partial charge in [0.2, 0.25) is 0 Å². The summed E-state index contributed by atoms with van der Waals surface area (Å²) in [5.74, 6) is -1.92. The van der Waals surface area contributed by atoms with Crippen molar-refractivity contribution in [1.29, 1.82) is 0 Å². The van der Waals surface area contributed by atoms with Crippen molar-refractivity contribution in [1.82, 2.24) is 5.32 Å². The number of hydrogen-bond acceptors (Lipinski definition) is 1. The van der Waals surface area contributed by atoms with Crippen LogP contribution in [-0.2, 0) is 4.79 Å². The second-order valence-corrected chi connectivity index (χ2v) is 4.26. The quantitative estimate of drug-likeness (QED) is 0.885. The first kappa shape index (κ1) is 13.4. The van der Waals surface area contributed by atoms with Crippen molar-refractivity contribution in [3.63, 3.8) is 0 Å². The number of benzene rings is 2. The van der Waals surface area contributed by atoms with Crippen LogP contribution in [0.5, 0.6) is 0 Å². The number of fused-ring (bicyclic) bond motifs is 1. The Bertz CT molecular complexity index is 602. The van der Waals surface area contributed by atoms with Crippen LogP contribution in [0.3, 0.4) is 0 Å². The van der Waals surface area contributed by atoms with Crippen LogP contribution in [0.2, 0.25) is 0 Å². The molecule has 2 rings (SSSR count). The zero-order chi connectivity index (χ0) is 14.0. The maximum atomic E-state index is 12.2. The molecular formula is C14H12F3NO. The van der Waals surface area contributed by atoms with E-state index in [1.165, 1.54) is 6.92 Å². The van der Waals surface area contributed by atoms with Crippen molar-refractivity contribution < 1.29 is 18.0 Å². The number of hydrogen-bond donors (Lipinski definition) is 1. The molecule has 0 spiro atoms. The van der Waals surface area contributed by atoms with E-state index in [-0.39, 0.29) is 0 Å². The summed E-state index contributed by atoms with van der Waals surface area (Å²) in [6.07, 6.45) is -4.86. The van der Waals surface area contributed by atoms with Gasteiger partial charge in [0.1, 0.15) is 0 Å². The van der Waals surface area contributed by atoms with E-state index in [1.54, 1.807) is 12.1 Å². The van der Waals surface area contributed by atoms with E-state index >= 15 is 0 Å². The summed E-state index contributed by atoms with van der Waals surface area (Å²) in [5.41, 5.74) is 0.663. The molecule has 0 heterocycles. The zero-order valence-electron chi connectivity index (χ0n) is 10.2. The standard InChI is InChI=1S/C14H12F3NO/c1-9(18-13(19)14(15,16)17)11-8-4-6-10-5-2-3-7-12(10)11/h2-9H,1H3,(H,18,19)/t9-/m1/s1. The average molecular weight is 267 g/mol. The van der Waals surface area contributed by atoms with E-state index in [0.717, 1.165) is 10.8 Å². The Morgan fingerprint density at radius 2 is 1.74 bits per heavy atom. The number of amides is 1. The monoisotopic (exact) mass is 267 g/mol. The summed E-state index contributed by atoms with van der Waals surface area (Å²) in [6.45, 7) is 1.53. The van der Waals surface area contributed by atoms with Gasteiger partial charge in [0.25, 0.3) is 0 Å². The minimum Gasteiger partial charge on any atom is -0.342 e. The van der Waals surface area contributed by atoms with E-state index in [9.17, 15) is 18.0 Å². The summed E-state index contributed by atoms with van der Waals surface area (Å²) in [7, 11) is 0. The maximum Gasteiger partial charge on any atom is 0.471 e. The van der Waals surface area contributed by atoms with Gasteiger partial charge in [-0.25, -0.2) is 0 Å². The average Bonchev–Trinajstić information content (AvgIpc) is 2.36. The number of carbonyl (C=O) groups excluding carboxylic acids is 1. The molecule has 0 saturated heterocycles. The molecule has 2 aromatic rings. The predicted octanol–water partition coefficient (Wildman–Crippen LogP) is 3.58. The van der Waals surface area contributed by atoms with Crippen LogP contribution in [0.4, 0.5) is 13.2 Å². The molecule has 0 saturated carbocycles. The van der Waals surface area contributed by atoms with Crippen LogP contribution in [0.15, 0.2) is 42.5 Å². The molecule has 0 unspecified atom stereocenters. The number of alkyl halides is 3. The molecule has 0 aliphatic rings. The topological polar surface area (TPSA) is 29.1 Å². The predicted molar refractivity (Wildman–Crippen MR) is 66.6 cm³/mol. The van der Waals surface area contributed by atoms with Gasteiger partial charge in [-0.15, -0.1) is 0 Å². The third-order valence-corrected chi connectivity index (χ3v) is 2.89. The van der Waals surface area contributed by atoms with Gasteiger partial charge in [0.15, 0.2) is 0 Å². The molecule has 0 fully saturated rings. The van der Waals surface area contributed by atoms with Crippen LogP contribution >= 0.6 is 0 Å². The zero-order valence-corrected chi connectivity index (χ0v) is 10.2. The Balaban J connectivity index is 2.32. The second kappa shape index (κ2) is 4.91. The van der Waals surface area contributed by atoms with Crippen molar-refractivity contribution in [2.75, 3.05) is 0 Å². The summed E-state index contributed by atoms with van der Waals surface area (Å²) < 4.78 is 36.7. The Morgan fingerprint density at radius 3 is 2.42 bits per heavy atom. The van der Waals surface area contributed by atoms with E-state index in [4.69, 9.17) is 0 Å². The third kappa shape index (κ3) is 2.86. The fourth-order valence-corrected chi connectivity index (χ4v) is 1.98. The summed E-state index contributed by atoms with van der Waals surface area (Å²) in [5, 5.41) is 3.72. The second-order valence-electron chi connectivity index (χ2n) is 4.26. The van der Waals surface area contributed by atoms with E-state index in [2.05, 4.69) is 0 Å². The maximum absolute atomic E-state index is 12.2. The van der Waals surface area contributed by atoms with Crippen molar-refractivity contribution in [3.8, 4) is 0 Å². The first-order chi connectivity index (χ1) is 8.89. The summed E-state index contributed by atoms with van der Waals surface area (Å²) in [6, 6.07) is 12.0. The lowest BCUT2D eigenvalue weighted by Gasteiger charge is -2.17. The van der Waals surface area contributed by atoms with Gasteiger partial charge in [-0.05, 0) is 23.3 Å². The Kier molecular flexibility index (Phi) is 3.46. The highest BCUT2D eigenvalue weighted by Gasteiger charge is 2.39. The first-order valence-electron chi connectivity index (χ1n) is 5.75. The van der Waals surface area contributed by atoms with Gasteiger partial charge in [0, 0.05) is 0 Å². The fraction of sp³-hybridized carbons (Fsp3) is 0.214. The largest absolute Gasteiger partial charge is 0.471 e. The Labute approximate surface area is 108 Å². The van der Waals surface area contributed by atoms with Crippen molar-refractivity contribution in [3.05, 3.63) is 48.0 Å². The van der Waals surface area contributed by atoms with E-state index < -0.39 is 18.1 Å². The minimum atomic E-state index is -4.86. The molecular weight excluding hydrogens is 255 g/mol. The lowest BCUT2D eigenvalue weighted by molar-refractivity contribution is -0.174. The molecule has 100 valence electrons. The molecule has 19 heavy (non-hydrogen) atoms. The lowest BCUT2D eigenvalue weighted by atomic mass is 10.00. The number of halogens is 3. The number of nitrogens with one attached hydrogen (secondary N) is 1. The van der Waals surface area contributed by atoms with Crippen LogP contribution in [-0.4, -0.2) is 12.1 Å². The van der Waals surface area contributed by atoms with Crippen molar-refractivity contribution in [2.24, 2.45) is 0 Å². The number of rotatable bonds is 2. The highest BCUT2D eigenvalue weighted by atomic mass is 19.4. The first-order valence-corrected chi connectivity index (χ1v) is 5.75. The molecule has 2 nitrogen and oxygen atoms in total. The molecule has 0 aliphatic carbocycles. The SMILES string of the molecule is C[C@@H](NC(=O)C(F)(F)F)c1cccc2ccccc12. The smallest absolute Gasteiger partial charge is 0.342 e. The summed E-state index contributed by atoms with van der Waals surface area (Å²) >= 11 is 0. The van der Waals surface area contributed by atoms with Gasteiger partial charge < -0.3 is 5.32 Å². The third-order valence-electron chi connectivity index (χ3n) is 2.89. The normalized spacial score (nSPS) is 13.3. The van der Waals surface area contributed by atoms with Gasteiger partial charge in [-0.1, -0.05) is 42.5 Å². The van der Waals surface area contributed by atoms with Crippen LogP contribution in [0.1, 0.15) is 18.5 Å².